The van der Waals surface area contributed by atoms with Crippen LogP contribution in [0.15, 0.2) is 41.4 Å². The molecule has 1 aromatic carbocycles. The standard InChI is InChI=1S/C11H9FIN3O2S/c12-7-1-2-10(9(13)5-7)16-19(17,18)8-3-4-15-11(14)6-8/h1-6,16H,(H2,14,15). The van der Waals surface area contributed by atoms with Crippen molar-refractivity contribution in [2.24, 2.45) is 0 Å². The summed E-state index contributed by atoms with van der Waals surface area (Å²) < 4.78 is 40.0. The molecular weight excluding hydrogens is 384 g/mol. The van der Waals surface area contributed by atoms with Crippen LogP contribution in [-0.2, 0) is 10.0 Å². The number of anilines is 2. The van der Waals surface area contributed by atoms with Crippen molar-refractivity contribution in [1.29, 1.82) is 0 Å². The van der Waals surface area contributed by atoms with E-state index in [9.17, 15) is 12.8 Å². The van der Waals surface area contributed by atoms with Crippen molar-refractivity contribution >= 4 is 44.1 Å². The number of nitrogen functional groups attached to an aromatic ring is 1. The predicted molar refractivity (Wildman–Crippen MR) is 78.6 cm³/mol. The maximum absolute atomic E-state index is 12.9. The third-order valence-electron chi connectivity index (χ3n) is 2.24. The zero-order valence-corrected chi connectivity index (χ0v) is 12.4. The average molecular weight is 393 g/mol. The van der Waals surface area contributed by atoms with Crippen LogP contribution in [0.5, 0.6) is 0 Å². The van der Waals surface area contributed by atoms with Crippen molar-refractivity contribution in [2.45, 2.75) is 4.90 Å². The topological polar surface area (TPSA) is 85.1 Å². The second kappa shape index (κ2) is 5.29. The highest BCUT2D eigenvalue weighted by atomic mass is 127. The first kappa shape index (κ1) is 14.0. The largest absolute Gasteiger partial charge is 0.384 e. The highest BCUT2D eigenvalue weighted by molar-refractivity contribution is 14.1. The van der Waals surface area contributed by atoms with Gasteiger partial charge in [-0.3, -0.25) is 4.72 Å². The first-order valence-corrected chi connectivity index (χ1v) is 7.64. The molecule has 0 amide bonds. The lowest BCUT2D eigenvalue weighted by Gasteiger charge is -2.10. The van der Waals surface area contributed by atoms with Gasteiger partial charge >= 0.3 is 0 Å². The van der Waals surface area contributed by atoms with Gasteiger partial charge in [0.15, 0.2) is 0 Å². The van der Waals surface area contributed by atoms with Crippen LogP contribution in [0.4, 0.5) is 15.9 Å². The quantitative estimate of drug-likeness (QED) is 0.784. The molecule has 0 unspecified atom stereocenters. The SMILES string of the molecule is Nc1cc(S(=O)(=O)Nc2ccc(F)cc2I)ccn1. The van der Waals surface area contributed by atoms with Crippen molar-refractivity contribution in [3.63, 3.8) is 0 Å². The molecule has 1 aromatic heterocycles. The molecule has 3 N–H and O–H groups in total. The smallest absolute Gasteiger partial charge is 0.262 e. The number of aromatic nitrogens is 1. The van der Waals surface area contributed by atoms with Gasteiger partial charge in [0.1, 0.15) is 11.6 Å². The van der Waals surface area contributed by atoms with Gasteiger partial charge in [-0.25, -0.2) is 17.8 Å². The fourth-order valence-corrected chi connectivity index (χ4v) is 3.27. The Hall–Kier alpha value is -1.42. The normalized spacial score (nSPS) is 11.3. The number of nitrogens with one attached hydrogen (secondary N) is 1. The second-order valence-corrected chi connectivity index (χ2v) is 6.49. The summed E-state index contributed by atoms with van der Waals surface area (Å²) in [6.45, 7) is 0. The fraction of sp³-hybridized carbons (Fsp3) is 0. The second-order valence-electron chi connectivity index (χ2n) is 3.65. The zero-order valence-electron chi connectivity index (χ0n) is 9.47. The van der Waals surface area contributed by atoms with Gasteiger partial charge in [-0.05, 0) is 46.9 Å². The number of pyridine rings is 1. The van der Waals surface area contributed by atoms with Crippen LogP contribution in [-0.4, -0.2) is 13.4 Å². The summed E-state index contributed by atoms with van der Waals surface area (Å²) in [6.07, 6.45) is 1.31. The molecule has 0 fully saturated rings. The zero-order chi connectivity index (χ0) is 14.0. The molecule has 0 spiro atoms. The van der Waals surface area contributed by atoms with Crippen LogP contribution in [0, 0.1) is 9.39 Å². The van der Waals surface area contributed by atoms with Crippen LogP contribution in [0.1, 0.15) is 0 Å². The minimum absolute atomic E-state index is 0.000116. The Bertz CT molecular complexity index is 722. The maximum Gasteiger partial charge on any atom is 0.262 e. The summed E-state index contributed by atoms with van der Waals surface area (Å²) in [5.41, 5.74) is 5.75. The minimum atomic E-state index is -3.77. The molecule has 0 saturated carbocycles. The van der Waals surface area contributed by atoms with Gasteiger partial charge < -0.3 is 5.73 Å². The first-order chi connectivity index (χ1) is 8.88. The number of nitrogens with two attached hydrogens (primary N) is 1. The summed E-state index contributed by atoms with van der Waals surface area (Å²) in [5, 5.41) is 0. The molecule has 2 rings (SSSR count). The number of hydrogen-bond donors (Lipinski definition) is 2. The molecule has 0 saturated heterocycles. The van der Waals surface area contributed by atoms with Gasteiger partial charge in [0, 0.05) is 15.8 Å². The maximum atomic E-state index is 12.9. The van der Waals surface area contributed by atoms with Crippen LogP contribution < -0.4 is 10.5 Å². The molecule has 2 aromatic rings. The Labute approximate surface area is 123 Å². The van der Waals surface area contributed by atoms with E-state index in [4.69, 9.17) is 5.73 Å². The van der Waals surface area contributed by atoms with E-state index in [0.717, 1.165) is 0 Å². The summed E-state index contributed by atoms with van der Waals surface area (Å²) in [4.78, 5) is 3.72. The fourth-order valence-electron chi connectivity index (χ4n) is 1.37. The molecule has 0 aliphatic carbocycles. The third kappa shape index (κ3) is 3.32. The summed E-state index contributed by atoms with van der Waals surface area (Å²) in [5.74, 6) is -0.322. The number of nitrogens with zero attached hydrogens (tertiary/aromatic N) is 1. The van der Waals surface area contributed by atoms with Gasteiger partial charge in [0.05, 0.1) is 10.6 Å². The van der Waals surface area contributed by atoms with Crippen molar-refractivity contribution in [2.75, 3.05) is 10.5 Å². The molecular formula is C11H9FIN3O2S. The number of rotatable bonds is 3. The van der Waals surface area contributed by atoms with E-state index in [1.54, 1.807) is 0 Å². The molecule has 1 heterocycles. The van der Waals surface area contributed by atoms with E-state index in [1.807, 2.05) is 22.6 Å². The van der Waals surface area contributed by atoms with Crippen molar-refractivity contribution in [3.8, 4) is 0 Å². The highest BCUT2D eigenvalue weighted by Gasteiger charge is 2.16. The first-order valence-electron chi connectivity index (χ1n) is 5.08. The molecule has 0 atom stereocenters. The molecule has 8 heteroatoms. The summed E-state index contributed by atoms with van der Waals surface area (Å²) in [7, 11) is -3.77. The lowest BCUT2D eigenvalue weighted by molar-refractivity contribution is 0.601. The van der Waals surface area contributed by atoms with Crippen molar-refractivity contribution in [1.82, 2.24) is 4.98 Å². The van der Waals surface area contributed by atoms with Gasteiger partial charge in [-0.2, -0.15) is 0 Å². The predicted octanol–water partition coefficient (Wildman–Crippen LogP) is 2.21. The van der Waals surface area contributed by atoms with Gasteiger partial charge in [-0.15, -0.1) is 0 Å². The molecule has 0 bridgehead atoms. The lowest BCUT2D eigenvalue weighted by atomic mass is 10.3. The van der Waals surface area contributed by atoms with Crippen LogP contribution >= 0.6 is 22.6 Å². The molecule has 100 valence electrons. The monoisotopic (exact) mass is 393 g/mol. The highest BCUT2D eigenvalue weighted by Crippen LogP contribution is 2.22. The van der Waals surface area contributed by atoms with Gasteiger partial charge in [-0.1, -0.05) is 0 Å². The van der Waals surface area contributed by atoms with E-state index >= 15 is 0 Å². The van der Waals surface area contributed by atoms with E-state index in [0.29, 0.717) is 9.26 Å². The van der Waals surface area contributed by atoms with E-state index < -0.39 is 15.8 Å². The summed E-state index contributed by atoms with van der Waals surface area (Å²) in [6, 6.07) is 6.35. The van der Waals surface area contributed by atoms with Gasteiger partial charge in [0.2, 0.25) is 0 Å². The Balaban J connectivity index is 2.36. The Morgan fingerprint density at radius 2 is 2.00 bits per heavy atom. The molecule has 0 aliphatic rings. The van der Waals surface area contributed by atoms with Crippen molar-refractivity contribution in [3.05, 3.63) is 45.9 Å². The van der Waals surface area contributed by atoms with E-state index in [1.165, 1.54) is 36.5 Å². The van der Waals surface area contributed by atoms with Crippen molar-refractivity contribution < 1.29 is 12.8 Å². The number of hydrogen-bond acceptors (Lipinski definition) is 4. The molecule has 5 nitrogen and oxygen atoms in total. The summed E-state index contributed by atoms with van der Waals surface area (Å²) >= 11 is 1.85. The Morgan fingerprint density at radius 1 is 1.26 bits per heavy atom. The Kier molecular flexibility index (Phi) is 3.90. The number of sulfonamides is 1. The van der Waals surface area contributed by atoms with Crippen LogP contribution in [0.2, 0.25) is 0 Å². The number of benzene rings is 1. The van der Waals surface area contributed by atoms with Crippen LogP contribution in [0.3, 0.4) is 0 Å². The van der Waals surface area contributed by atoms with E-state index in [2.05, 4.69) is 9.71 Å². The minimum Gasteiger partial charge on any atom is -0.384 e. The molecule has 19 heavy (non-hydrogen) atoms. The average Bonchev–Trinajstić information content (AvgIpc) is 2.33. The number of halogens is 2. The van der Waals surface area contributed by atoms with E-state index in [-0.39, 0.29) is 10.7 Å². The molecule has 0 radical (unpaired) electrons. The van der Waals surface area contributed by atoms with Gasteiger partial charge in [0.25, 0.3) is 10.0 Å². The third-order valence-corrected chi connectivity index (χ3v) is 4.49. The Morgan fingerprint density at radius 3 is 2.63 bits per heavy atom. The van der Waals surface area contributed by atoms with Crippen LogP contribution in [0.25, 0.3) is 0 Å². The lowest BCUT2D eigenvalue weighted by Crippen LogP contribution is -2.14. The molecule has 0 aliphatic heterocycles.